The van der Waals surface area contributed by atoms with Crippen molar-refractivity contribution in [1.82, 2.24) is 10.6 Å². The number of thiocarbonyl (C=S) groups is 1. The van der Waals surface area contributed by atoms with Crippen molar-refractivity contribution < 1.29 is 9.53 Å². The monoisotopic (exact) mass is 294 g/mol. The second-order valence-electron chi connectivity index (χ2n) is 4.60. The predicted molar refractivity (Wildman–Crippen MR) is 84.8 cm³/mol. The first kappa shape index (κ1) is 16.4. The third-order valence-electron chi connectivity index (χ3n) is 2.80. The van der Waals surface area contributed by atoms with Crippen LogP contribution < -0.4 is 15.4 Å². The Balaban J connectivity index is 2.12. The fourth-order valence-corrected chi connectivity index (χ4v) is 1.81. The molecule has 2 N–H and O–H groups in total. The van der Waals surface area contributed by atoms with Gasteiger partial charge in [-0.25, -0.2) is 0 Å². The lowest BCUT2D eigenvalue weighted by molar-refractivity contribution is -0.119. The van der Waals surface area contributed by atoms with Crippen molar-refractivity contribution >= 4 is 23.2 Å². The van der Waals surface area contributed by atoms with Crippen LogP contribution >= 0.6 is 12.2 Å². The SMILES string of the molecule is CCC(C)NC(=S)NC(=O)CCCOc1ccccc1. The number of benzene rings is 1. The van der Waals surface area contributed by atoms with Gasteiger partial charge in [0.25, 0.3) is 0 Å². The average molecular weight is 294 g/mol. The van der Waals surface area contributed by atoms with Crippen LogP contribution in [0, 0.1) is 0 Å². The van der Waals surface area contributed by atoms with Gasteiger partial charge in [-0.3, -0.25) is 4.79 Å². The van der Waals surface area contributed by atoms with Crippen LogP contribution in [0.4, 0.5) is 0 Å². The van der Waals surface area contributed by atoms with Crippen LogP contribution in [0.15, 0.2) is 30.3 Å². The highest BCUT2D eigenvalue weighted by atomic mass is 32.1. The minimum Gasteiger partial charge on any atom is -0.494 e. The topological polar surface area (TPSA) is 50.4 Å². The molecule has 0 aromatic heterocycles. The van der Waals surface area contributed by atoms with Crippen molar-refractivity contribution in [1.29, 1.82) is 0 Å². The first-order valence-corrected chi connectivity index (χ1v) is 7.30. The average Bonchev–Trinajstić information content (AvgIpc) is 2.44. The van der Waals surface area contributed by atoms with Crippen LogP contribution in [0.1, 0.15) is 33.1 Å². The van der Waals surface area contributed by atoms with E-state index < -0.39 is 0 Å². The Kier molecular flexibility index (Phi) is 7.65. The molecule has 0 fully saturated rings. The summed E-state index contributed by atoms with van der Waals surface area (Å²) in [6.45, 7) is 4.60. The molecule has 20 heavy (non-hydrogen) atoms. The first-order chi connectivity index (χ1) is 9.61. The van der Waals surface area contributed by atoms with Crippen LogP contribution in [-0.4, -0.2) is 23.7 Å². The van der Waals surface area contributed by atoms with Gasteiger partial charge in [0.1, 0.15) is 5.75 Å². The summed E-state index contributed by atoms with van der Waals surface area (Å²) in [5.74, 6) is 0.740. The smallest absolute Gasteiger partial charge is 0.226 e. The van der Waals surface area contributed by atoms with Gasteiger partial charge in [-0.15, -0.1) is 0 Å². The van der Waals surface area contributed by atoms with Gasteiger partial charge in [-0.05, 0) is 44.1 Å². The largest absolute Gasteiger partial charge is 0.494 e. The molecule has 0 saturated carbocycles. The fourth-order valence-electron chi connectivity index (χ4n) is 1.49. The molecule has 0 radical (unpaired) electrons. The number of amides is 1. The summed E-state index contributed by atoms with van der Waals surface area (Å²) >= 11 is 5.05. The molecule has 0 bridgehead atoms. The zero-order valence-electron chi connectivity index (χ0n) is 12.0. The molecular formula is C15H22N2O2S. The van der Waals surface area contributed by atoms with Gasteiger partial charge in [0.2, 0.25) is 5.91 Å². The fraction of sp³-hybridized carbons (Fsp3) is 0.467. The number of ether oxygens (including phenoxy) is 1. The van der Waals surface area contributed by atoms with Crippen LogP contribution in [0.3, 0.4) is 0 Å². The zero-order valence-corrected chi connectivity index (χ0v) is 12.8. The first-order valence-electron chi connectivity index (χ1n) is 6.90. The lowest BCUT2D eigenvalue weighted by Gasteiger charge is -2.14. The van der Waals surface area contributed by atoms with Crippen LogP contribution in [-0.2, 0) is 4.79 Å². The van der Waals surface area contributed by atoms with Gasteiger partial charge >= 0.3 is 0 Å². The molecule has 0 aliphatic carbocycles. The highest BCUT2D eigenvalue weighted by molar-refractivity contribution is 7.80. The van der Waals surface area contributed by atoms with E-state index in [4.69, 9.17) is 17.0 Å². The number of carbonyl (C=O) groups excluding carboxylic acids is 1. The molecule has 0 heterocycles. The maximum absolute atomic E-state index is 11.6. The third-order valence-corrected chi connectivity index (χ3v) is 3.02. The van der Waals surface area contributed by atoms with Crippen molar-refractivity contribution in [3.8, 4) is 5.75 Å². The van der Waals surface area contributed by atoms with Crippen LogP contribution in [0.5, 0.6) is 5.75 Å². The normalized spacial score (nSPS) is 11.5. The molecule has 0 aliphatic heterocycles. The summed E-state index contributed by atoms with van der Waals surface area (Å²) < 4.78 is 5.51. The minimum absolute atomic E-state index is 0.0811. The lowest BCUT2D eigenvalue weighted by Crippen LogP contribution is -2.43. The second kappa shape index (κ2) is 9.31. The Morgan fingerprint density at radius 3 is 2.70 bits per heavy atom. The summed E-state index contributed by atoms with van der Waals surface area (Å²) in [5, 5.41) is 6.11. The standard InChI is InChI=1S/C15H22N2O2S/c1-3-12(2)16-15(20)17-14(18)10-7-11-19-13-8-5-4-6-9-13/h4-6,8-9,12H,3,7,10-11H2,1-2H3,(H2,16,17,18,20). The van der Waals surface area contributed by atoms with Crippen molar-refractivity contribution in [2.24, 2.45) is 0 Å². The van der Waals surface area contributed by atoms with Gasteiger partial charge < -0.3 is 15.4 Å². The van der Waals surface area contributed by atoms with Crippen molar-refractivity contribution in [2.45, 2.75) is 39.2 Å². The Morgan fingerprint density at radius 1 is 1.35 bits per heavy atom. The molecule has 5 heteroatoms. The van der Waals surface area contributed by atoms with Crippen molar-refractivity contribution in [2.75, 3.05) is 6.61 Å². The summed E-state index contributed by atoms with van der Waals surface area (Å²) in [5.41, 5.74) is 0. The highest BCUT2D eigenvalue weighted by Crippen LogP contribution is 2.08. The van der Waals surface area contributed by atoms with Gasteiger partial charge in [0.15, 0.2) is 5.11 Å². The summed E-state index contributed by atoms with van der Waals surface area (Å²) in [6, 6.07) is 9.83. The van der Waals surface area contributed by atoms with E-state index in [-0.39, 0.29) is 11.9 Å². The Bertz CT molecular complexity index is 423. The van der Waals surface area contributed by atoms with E-state index in [2.05, 4.69) is 17.6 Å². The van der Waals surface area contributed by atoms with E-state index in [1.807, 2.05) is 37.3 Å². The molecule has 1 aromatic rings. The summed E-state index contributed by atoms with van der Waals surface area (Å²) in [6.07, 6.45) is 2.02. The molecule has 0 spiro atoms. The summed E-state index contributed by atoms with van der Waals surface area (Å²) in [7, 11) is 0. The summed E-state index contributed by atoms with van der Waals surface area (Å²) in [4.78, 5) is 11.6. The number of hydrogen-bond donors (Lipinski definition) is 2. The highest BCUT2D eigenvalue weighted by Gasteiger charge is 2.06. The minimum atomic E-state index is -0.0811. The molecule has 110 valence electrons. The Hall–Kier alpha value is -1.62. The maximum Gasteiger partial charge on any atom is 0.226 e. The van der Waals surface area contributed by atoms with E-state index in [9.17, 15) is 4.79 Å². The maximum atomic E-state index is 11.6. The number of hydrogen-bond acceptors (Lipinski definition) is 3. The van der Waals surface area contributed by atoms with Crippen LogP contribution in [0.25, 0.3) is 0 Å². The zero-order chi connectivity index (χ0) is 14.8. The van der Waals surface area contributed by atoms with Crippen molar-refractivity contribution in [3.05, 3.63) is 30.3 Å². The number of nitrogens with one attached hydrogen (secondary N) is 2. The lowest BCUT2D eigenvalue weighted by atomic mass is 10.3. The molecule has 4 nitrogen and oxygen atoms in total. The van der Waals surface area contributed by atoms with Crippen molar-refractivity contribution in [3.63, 3.8) is 0 Å². The number of carbonyl (C=O) groups is 1. The van der Waals surface area contributed by atoms with Gasteiger partial charge in [-0.1, -0.05) is 25.1 Å². The quantitative estimate of drug-likeness (QED) is 0.599. The Morgan fingerprint density at radius 2 is 2.05 bits per heavy atom. The van der Waals surface area contributed by atoms with Gasteiger partial charge in [0.05, 0.1) is 6.61 Å². The number of rotatable bonds is 7. The molecule has 1 unspecified atom stereocenters. The number of para-hydroxylation sites is 1. The van der Waals surface area contributed by atoms with E-state index in [0.29, 0.717) is 24.6 Å². The Labute approximate surface area is 125 Å². The van der Waals surface area contributed by atoms with E-state index in [1.165, 1.54) is 0 Å². The van der Waals surface area contributed by atoms with E-state index in [0.717, 1.165) is 12.2 Å². The predicted octanol–water partition coefficient (Wildman–Crippen LogP) is 2.63. The van der Waals surface area contributed by atoms with Crippen LogP contribution in [0.2, 0.25) is 0 Å². The molecule has 1 aromatic carbocycles. The second-order valence-corrected chi connectivity index (χ2v) is 5.00. The molecule has 1 amide bonds. The molecular weight excluding hydrogens is 272 g/mol. The van der Waals surface area contributed by atoms with Gasteiger partial charge in [-0.2, -0.15) is 0 Å². The molecule has 0 aliphatic rings. The molecule has 1 rings (SSSR count). The molecule has 0 saturated heterocycles. The third kappa shape index (κ3) is 7.09. The molecule has 1 atom stereocenters. The van der Waals surface area contributed by atoms with E-state index in [1.54, 1.807) is 0 Å². The van der Waals surface area contributed by atoms with Gasteiger partial charge in [0, 0.05) is 12.5 Å². The van der Waals surface area contributed by atoms with E-state index >= 15 is 0 Å².